The Hall–Kier alpha value is -1.20. The van der Waals surface area contributed by atoms with Gasteiger partial charge in [-0.3, -0.25) is 4.79 Å². The summed E-state index contributed by atoms with van der Waals surface area (Å²) >= 11 is 0. The van der Waals surface area contributed by atoms with Crippen LogP contribution in [-0.2, 0) is 14.5 Å². The van der Waals surface area contributed by atoms with Crippen molar-refractivity contribution in [2.24, 2.45) is 4.36 Å². The average molecular weight is 309 g/mol. The Morgan fingerprint density at radius 2 is 1.81 bits per heavy atom. The highest BCUT2D eigenvalue weighted by Gasteiger charge is 2.32. The van der Waals surface area contributed by atoms with Crippen molar-refractivity contribution < 1.29 is 14.1 Å². The van der Waals surface area contributed by atoms with Crippen LogP contribution < -0.4 is 0 Å². The molecule has 1 amide bonds. The molecule has 116 valence electrons. The van der Waals surface area contributed by atoms with Gasteiger partial charge in [-0.1, -0.05) is 37.0 Å². The molecule has 5 heteroatoms. The molecule has 1 N–H and O–H groups in total. The maximum atomic E-state index is 12.6. The van der Waals surface area contributed by atoms with Gasteiger partial charge in [0.2, 0.25) is 0 Å². The van der Waals surface area contributed by atoms with Crippen molar-refractivity contribution in [3.8, 4) is 0 Å². The Balaban J connectivity index is 2.15. The largest absolute Gasteiger partial charge is 0.389 e. The number of nitrogens with zero attached hydrogens (tertiary/aromatic N) is 1. The number of carbonyl (C=O) groups excluding carboxylic acids is 1. The van der Waals surface area contributed by atoms with E-state index in [0.29, 0.717) is 17.7 Å². The fraction of sp³-hybridized carbons (Fsp3) is 0.562. The second kappa shape index (κ2) is 6.28. The summed E-state index contributed by atoms with van der Waals surface area (Å²) in [5, 5.41) is 10.4. The first-order valence-electron chi connectivity index (χ1n) is 7.35. The third-order valence-corrected chi connectivity index (χ3v) is 5.70. The number of aryl methyl sites for hydroxylation is 1. The number of benzene rings is 1. The lowest BCUT2D eigenvalue weighted by molar-refractivity contribution is -0.123. The predicted molar refractivity (Wildman–Crippen MR) is 83.6 cm³/mol. The Labute approximate surface area is 126 Å². The van der Waals surface area contributed by atoms with Crippen LogP contribution in [0.15, 0.2) is 33.5 Å². The minimum Gasteiger partial charge on any atom is -0.389 e. The van der Waals surface area contributed by atoms with Crippen molar-refractivity contribution in [1.29, 1.82) is 0 Å². The van der Waals surface area contributed by atoms with Gasteiger partial charge in [-0.2, -0.15) is 4.36 Å². The molecular weight excluding hydrogens is 286 g/mol. The van der Waals surface area contributed by atoms with Gasteiger partial charge in [-0.25, -0.2) is 4.21 Å². The number of amides is 1. The summed E-state index contributed by atoms with van der Waals surface area (Å²) in [7, 11) is -2.74. The molecule has 21 heavy (non-hydrogen) atoms. The third-order valence-electron chi connectivity index (χ3n) is 4.00. The summed E-state index contributed by atoms with van der Waals surface area (Å²) in [6.45, 7) is 1.95. The summed E-state index contributed by atoms with van der Waals surface area (Å²) in [4.78, 5) is 12.6. The first-order valence-corrected chi connectivity index (χ1v) is 9.27. The predicted octanol–water partition coefficient (Wildman–Crippen LogP) is 3.06. The molecule has 1 aromatic rings. The molecule has 0 aliphatic heterocycles. The van der Waals surface area contributed by atoms with E-state index in [-0.39, 0.29) is 6.42 Å². The van der Waals surface area contributed by atoms with Crippen molar-refractivity contribution in [2.75, 3.05) is 6.26 Å². The first-order chi connectivity index (χ1) is 9.81. The summed E-state index contributed by atoms with van der Waals surface area (Å²) in [6, 6.07) is 7.19. The lowest BCUT2D eigenvalue weighted by Gasteiger charge is -2.30. The van der Waals surface area contributed by atoms with E-state index in [1.165, 1.54) is 6.26 Å². The fourth-order valence-electron chi connectivity index (χ4n) is 2.74. The van der Waals surface area contributed by atoms with Gasteiger partial charge in [-0.05, 0) is 31.9 Å². The molecule has 1 atom stereocenters. The Bertz CT molecular complexity index is 621. The minimum absolute atomic E-state index is 0.0241. The molecule has 1 fully saturated rings. The molecule has 2 rings (SSSR count). The Morgan fingerprint density at radius 3 is 2.38 bits per heavy atom. The second-order valence-corrected chi connectivity index (χ2v) is 8.32. The molecular formula is C16H23NO3S. The van der Waals surface area contributed by atoms with Crippen LogP contribution in [0.2, 0.25) is 0 Å². The van der Waals surface area contributed by atoms with E-state index in [1.54, 1.807) is 12.1 Å². The first kappa shape index (κ1) is 16.2. The number of rotatable bonds is 3. The van der Waals surface area contributed by atoms with E-state index < -0.39 is 21.2 Å². The van der Waals surface area contributed by atoms with Crippen molar-refractivity contribution in [1.82, 2.24) is 0 Å². The van der Waals surface area contributed by atoms with E-state index in [4.69, 9.17) is 0 Å². The van der Waals surface area contributed by atoms with Crippen LogP contribution in [-0.4, -0.2) is 27.1 Å². The highest BCUT2D eigenvalue weighted by molar-refractivity contribution is 7.93. The van der Waals surface area contributed by atoms with Crippen LogP contribution in [0.25, 0.3) is 0 Å². The molecule has 1 aliphatic carbocycles. The van der Waals surface area contributed by atoms with E-state index in [9.17, 15) is 14.1 Å². The van der Waals surface area contributed by atoms with Crippen LogP contribution in [0.3, 0.4) is 0 Å². The van der Waals surface area contributed by atoms with Crippen LogP contribution in [0.4, 0.5) is 0 Å². The van der Waals surface area contributed by atoms with Gasteiger partial charge >= 0.3 is 0 Å². The van der Waals surface area contributed by atoms with E-state index in [1.807, 2.05) is 19.1 Å². The summed E-state index contributed by atoms with van der Waals surface area (Å²) < 4.78 is 16.5. The van der Waals surface area contributed by atoms with Gasteiger partial charge in [0, 0.05) is 11.2 Å². The summed E-state index contributed by atoms with van der Waals surface area (Å²) in [6.07, 6.45) is 5.67. The van der Waals surface area contributed by atoms with Crippen molar-refractivity contribution in [2.45, 2.75) is 55.9 Å². The van der Waals surface area contributed by atoms with E-state index in [2.05, 4.69) is 4.36 Å². The molecule has 0 saturated heterocycles. The number of hydrogen-bond acceptors (Lipinski definition) is 3. The minimum atomic E-state index is -2.74. The normalized spacial score (nSPS) is 20.5. The number of aliphatic hydroxyl groups is 1. The molecule has 1 saturated carbocycles. The number of hydrogen-bond donors (Lipinski definition) is 1. The molecule has 4 nitrogen and oxygen atoms in total. The van der Waals surface area contributed by atoms with Gasteiger partial charge < -0.3 is 5.11 Å². The van der Waals surface area contributed by atoms with Crippen LogP contribution >= 0.6 is 0 Å². The summed E-state index contributed by atoms with van der Waals surface area (Å²) in [5.74, 6) is -0.465. The molecule has 0 radical (unpaired) electrons. The van der Waals surface area contributed by atoms with E-state index >= 15 is 0 Å². The molecule has 0 heterocycles. The van der Waals surface area contributed by atoms with Crippen LogP contribution in [0, 0.1) is 6.92 Å². The Morgan fingerprint density at radius 1 is 1.24 bits per heavy atom. The third kappa shape index (κ3) is 4.38. The topological polar surface area (TPSA) is 66.7 Å². The zero-order chi connectivity index (χ0) is 15.5. The lowest BCUT2D eigenvalue weighted by atomic mass is 9.82. The number of carbonyl (C=O) groups is 1. The standard InChI is InChI=1S/C16H23NO3S/c1-13-6-8-14(9-7-13)21(2,20)17-15(18)12-16(19)10-4-3-5-11-16/h6-9,19H,3-5,10-12H2,1-2H3. The van der Waals surface area contributed by atoms with Gasteiger partial charge in [-0.15, -0.1) is 0 Å². The van der Waals surface area contributed by atoms with Crippen molar-refractivity contribution in [3.63, 3.8) is 0 Å². The van der Waals surface area contributed by atoms with Gasteiger partial charge in [0.1, 0.15) is 0 Å². The SMILES string of the molecule is Cc1ccc(S(C)(=O)=NC(=O)CC2(O)CCCCC2)cc1. The van der Waals surface area contributed by atoms with Gasteiger partial charge in [0.25, 0.3) is 5.91 Å². The maximum Gasteiger partial charge on any atom is 0.256 e. The smallest absolute Gasteiger partial charge is 0.256 e. The second-order valence-electron chi connectivity index (χ2n) is 6.06. The van der Waals surface area contributed by atoms with Gasteiger partial charge in [0.05, 0.1) is 21.8 Å². The molecule has 1 aromatic carbocycles. The zero-order valence-corrected chi connectivity index (χ0v) is 13.5. The van der Waals surface area contributed by atoms with Crippen molar-refractivity contribution in [3.05, 3.63) is 29.8 Å². The molecule has 0 spiro atoms. The monoisotopic (exact) mass is 309 g/mol. The maximum absolute atomic E-state index is 12.6. The highest BCUT2D eigenvalue weighted by Crippen LogP contribution is 2.31. The molecule has 0 bridgehead atoms. The lowest BCUT2D eigenvalue weighted by Crippen LogP contribution is -2.33. The highest BCUT2D eigenvalue weighted by atomic mass is 32.2. The molecule has 1 aliphatic rings. The average Bonchev–Trinajstić information content (AvgIpc) is 2.38. The zero-order valence-electron chi connectivity index (χ0n) is 12.7. The fourth-order valence-corrected chi connectivity index (χ4v) is 3.94. The Kier molecular flexibility index (Phi) is 4.84. The van der Waals surface area contributed by atoms with Crippen LogP contribution in [0.1, 0.15) is 44.1 Å². The van der Waals surface area contributed by atoms with Crippen LogP contribution in [0.5, 0.6) is 0 Å². The summed E-state index contributed by atoms with van der Waals surface area (Å²) in [5.41, 5.74) is 0.110. The quantitative estimate of drug-likeness (QED) is 0.933. The van der Waals surface area contributed by atoms with Crippen molar-refractivity contribution >= 4 is 15.6 Å². The molecule has 0 aromatic heterocycles. The molecule has 1 unspecified atom stereocenters. The van der Waals surface area contributed by atoms with Gasteiger partial charge in [0.15, 0.2) is 0 Å². The van der Waals surface area contributed by atoms with E-state index in [0.717, 1.165) is 24.8 Å².